The van der Waals surface area contributed by atoms with Crippen LogP contribution in [0.2, 0.25) is 0 Å². The number of nitrogens with zero attached hydrogens (tertiary/aromatic N) is 1. The molecule has 0 aromatic heterocycles. The smallest absolute Gasteiger partial charge is 0.326 e. The Kier molecular flexibility index (Phi) is 4.85. The van der Waals surface area contributed by atoms with Gasteiger partial charge >= 0.3 is 5.97 Å². The van der Waals surface area contributed by atoms with Gasteiger partial charge in [0, 0.05) is 12.1 Å². The van der Waals surface area contributed by atoms with Gasteiger partial charge in [0.15, 0.2) is 0 Å². The molecule has 0 heterocycles. The molecule has 0 aromatic carbocycles. The molecule has 0 amide bonds. The minimum absolute atomic E-state index is 0.0938. The van der Waals surface area contributed by atoms with Gasteiger partial charge in [-0.1, -0.05) is 13.3 Å². The summed E-state index contributed by atoms with van der Waals surface area (Å²) in [6.07, 6.45) is 8.08. The van der Waals surface area contributed by atoms with Gasteiger partial charge in [0.1, 0.15) is 5.54 Å². The van der Waals surface area contributed by atoms with E-state index in [9.17, 15) is 4.79 Å². The number of carbonyl (C=O) groups excluding carboxylic acids is 1. The van der Waals surface area contributed by atoms with Crippen LogP contribution in [0.15, 0.2) is 0 Å². The van der Waals surface area contributed by atoms with E-state index in [0.717, 1.165) is 25.3 Å². The number of likely N-dealkylation sites (N-methyl/N-ethyl adjacent to an activating group) is 1. The highest BCUT2D eigenvalue weighted by Crippen LogP contribution is 2.39. The van der Waals surface area contributed by atoms with Crippen molar-refractivity contribution in [2.24, 2.45) is 0 Å². The van der Waals surface area contributed by atoms with Crippen LogP contribution < -0.4 is 5.32 Å². The summed E-state index contributed by atoms with van der Waals surface area (Å²) in [5, 5.41) is 3.23. The summed E-state index contributed by atoms with van der Waals surface area (Å²) in [7, 11) is 3.37. The van der Waals surface area contributed by atoms with Crippen LogP contribution in [-0.2, 0) is 9.53 Å². The van der Waals surface area contributed by atoms with Crippen molar-refractivity contribution in [1.29, 1.82) is 0 Å². The zero-order valence-corrected chi connectivity index (χ0v) is 12.6. The molecule has 2 rings (SSSR count). The largest absolute Gasteiger partial charge is 0.468 e. The van der Waals surface area contributed by atoms with Crippen LogP contribution in [0.3, 0.4) is 0 Å². The third-order valence-electron chi connectivity index (χ3n) is 4.80. The zero-order chi connectivity index (χ0) is 13.9. The van der Waals surface area contributed by atoms with E-state index in [4.69, 9.17) is 4.74 Å². The van der Waals surface area contributed by atoms with Crippen LogP contribution in [-0.4, -0.2) is 49.2 Å². The quantitative estimate of drug-likeness (QED) is 0.716. The molecule has 2 saturated carbocycles. The van der Waals surface area contributed by atoms with Gasteiger partial charge in [0.25, 0.3) is 0 Å². The number of esters is 1. The maximum atomic E-state index is 12.0. The summed E-state index contributed by atoms with van der Waals surface area (Å²) in [5.74, 6) is -0.0938. The monoisotopic (exact) mass is 268 g/mol. The first-order chi connectivity index (χ1) is 9.16. The fourth-order valence-corrected chi connectivity index (χ4v) is 3.42. The van der Waals surface area contributed by atoms with Gasteiger partial charge in [-0.05, 0) is 52.1 Å². The standard InChI is InChI=1S/C15H28N2O2/c1-4-5-10-17(12-6-7-12)13-8-9-15(11-13,16-2)14(18)19-3/h12-13,16H,4-11H2,1-3H3. The van der Waals surface area contributed by atoms with Gasteiger partial charge in [-0.15, -0.1) is 0 Å². The molecule has 2 aliphatic rings. The Bertz CT molecular complexity index is 317. The fraction of sp³-hybridized carbons (Fsp3) is 0.933. The van der Waals surface area contributed by atoms with E-state index in [1.54, 1.807) is 0 Å². The number of rotatable bonds is 7. The van der Waals surface area contributed by atoms with Crippen LogP contribution in [0.4, 0.5) is 0 Å². The second-order valence-electron chi connectivity index (χ2n) is 6.04. The number of hydrogen-bond donors (Lipinski definition) is 1. The third kappa shape index (κ3) is 3.11. The molecule has 4 heteroatoms. The van der Waals surface area contributed by atoms with Crippen molar-refractivity contribution >= 4 is 5.97 Å². The Labute approximate surface area is 116 Å². The second-order valence-corrected chi connectivity index (χ2v) is 6.04. The van der Waals surface area contributed by atoms with Crippen LogP contribution in [0, 0.1) is 0 Å². The summed E-state index contributed by atoms with van der Waals surface area (Å²) in [6, 6.07) is 1.33. The maximum Gasteiger partial charge on any atom is 0.326 e. The van der Waals surface area contributed by atoms with E-state index >= 15 is 0 Å². The van der Waals surface area contributed by atoms with Crippen molar-refractivity contribution in [3.63, 3.8) is 0 Å². The lowest BCUT2D eigenvalue weighted by molar-refractivity contribution is -0.148. The number of nitrogens with one attached hydrogen (secondary N) is 1. The molecule has 19 heavy (non-hydrogen) atoms. The van der Waals surface area contributed by atoms with Crippen molar-refractivity contribution in [1.82, 2.24) is 10.2 Å². The van der Waals surface area contributed by atoms with Crippen molar-refractivity contribution in [2.75, 3.05) is 20.7 Å². The first-order valence-electron chi connectivity index (χ1n) is 7.70. The van der Waals surface area contributed by atoms with E-state index < -0.39 is 5.54 Å². The van der Waals surface area contributed by atoms with Crippen molar-refractivity contribution in [3.8, 4) is 0 Å². The van der Waals surface area contributed by atoms with Crippen molar-refractivity contribution < 1.29 is 9.53 Å². The molecule has 0 saturated heterocycles. The van der Waals surface area contributed by atoms with E-state index in [1.807, 2.05) is 7.05 Å². The molecular formula is C15H28N2O2. The molecular weight excluding hydrogens is 240 g/mol. The van der Waals surface area contributed by atoms with Crippen LogP contribution in [0.1, 0.15) is 51.9 Å². The second kappa shape index (κ2) is 6.23. The molecule has 0 bridgehead atoms. The van der Waals surface area contributed by atoms with Crippen molar-refractivity contribution in [2.45, 2.75) is 69.5 Å². The molecule has 0 aromatic rings. The molecule has 1 N–H and O–H groups in total. The lowest BCUT2D eigenvalue weighted by atomic mass is 9.97. The Morgan fingerprint density at radius 1 is 1.37 bits per heavy atom. The van der Waals surface area contributed by atoms with Gasteiger partial charge < -0.3 is 10.1 Å². The van der Waals surface area contributed by atoms with E-state index in [1.165, 1.54) is 39.3 Å². The predicted molar refractivity (Wildman–Crippen MR) is 76.1 cm³/mol. The van der Waals surface area contributed by atoms with E-state index in [0.29, 0.717) is 6.04 Å². The summed E-state index contributed by atoms with van der Waals surface area (Å²) < 4.78 is 4.99. The van der Waals surface area contributed by atoms with Crippen LogP contribution in [0.5, 0.6) is 0 Å². The summed E-state index contributed by atoms with van der Waals surface area (Å²) >= 11 is 0. The molecule has 110 valence electrons. The van der Waals surface area contributed by atoms with Gasteiger partial charge in [-0.25, -0.2) is 0 Å². The first-order valence-corrected chi connectivity index (χ1v) is 7.70. The highest BCUT2D eigenvalue weighted by atomic mass is 16.5. The van der Waals surface area contributed by atoms with Crippen molar-refractivity contribution in [3.05, 3.63) is 0 Å². The maximum absolute atomic E-state index is 12.0. The predicted octanol–water partition coefficient (Wildman–Crippen LogP) is 1.93. The van der Waals surface area contributed by atoms with Gasteiger partial charge in [-0.2, -0.15) is 0 Å². The summed E-state index contributed by atoms with van der Waals surface area (Å²) in [4.78, 5) is 14.7. The molecule has 0 spiro atoms. The summed E-state index contributed by atoms with van der Waals surface area (Å²) in [5.41, 5.74) is -0.446. The number of carbonyl (C=O) groups is 1. The Morgan fingerprint density at radius 3 is 2.63 bits per heavy atom. The van der Waals surface area contributed by atoms with Crippen LogP contribution >= 0.6 is 0 Å². The topological polar surface area (TPSA) is 41.6 Å². The average molecular weight is 268 g/mol. The first kappa shape index (κ1) is 14.8. The molecule has 4 nitrogen and oxygen atoms in total. The van der Waals surface area contributed by atoms with Gasteiger partial charge in [0.2, 0.25) is 0 Å². The molecule has 2 aliphatic carbocycles. The lowest BCUT2D eigenvalue weighted by Crippen LogP contribution is -2.50. The minimum atomic E-state index is -0.446. The normalized spacial score (nSPS) is 30.8. The highest BCUT2D eigenvalue weighted by molar-refractivity contribution is 5.81. The van der Waals surface area contributed by atoms with Crippen LogP contribution in [0.25, 0.3) is 0 Å². The average Bonchev–Trinajstić information content (AvgIpc) is 3.18. The molecule has 0 radical (unpaired) electrons. The Balaban J connectivity index is 2.00. The molecule has 2 atom stereocenters. The Hall–Kier alpha value is -0.610. The third-order valence-corrected chi connectivity index (χ3v) is 4.80. The summed E-state index contributed by atoms with van der Waals surface area (Å²) in [6.45, 7) is 3.43. The molecule has 2 unspecified atom stereocenters. The highest BCUT2D eigenvalue weighted by Gasteiger charge is 2.48. The number of methoxy groups -OCH3 is 1. The lowest BCUT2D eigenvalue weighted by Gasteiger charge is -2.31. The SMILES string of the molecule is CCCCN(C1CC1)C1CCC(NC)(C(=O)OC)C1. The number of hydrogen-bond acceptors (Lipinski definition) is 4. The molecule has 0 aliphatic heterocycles. The number of unbranched alkanes of at least 4 members (excludes halogenated alkanes) is 1. The number of ether oxygens (including phenoxy) is 1. The zero-order valence-electron chi connectivity index (χ0n) is 12.6. The van der Waals surface area contributed by atoms with Gasteiger partial charge in [-0.3, -0.25) is 9.69 Å². The fourth-order valence-electron chi connectivity index (χ4n) is 3.42. The Morgan fingerprint density at radius 2 is 2.11 bits per heavy atom. The van der Waals surface area contributed by atoms with E-state index in [-0.39, 0.29) is 5.97 Å². The molecule has 2 fully saturated rings. The van der Waals surface area contributed by atoms with E-state index in [2.05, 4.69) is 17.1 Å². The van der Waals surface area contributed by atoms with Gasteiger partial charge in [0.05, 0.1) is 7.11 Å². The minimum Gasteiger partial charge on any atom is -0.468 e.